The van der Waals surface area contributed by atoms with E-state index >= 15 is 0 Å². The molecule has 0 spiro atoms. The molecular formula is C18H17FN2O2. The fourth-order valence-electron chi connectivity index (χ4n) is 2.77. The number of benzene rings is 2. The third-order valence-electron chi connectivity index (χ3n) is 3.94. The van der Waals surface area contributed by atoms with E-state index < -0.39 is 11.9 Å². The number of anilines is 2. The van der Waals surface area contributed by atoms with Gasteiger partial charge in [0.2, 0.25) is 5.91 Å². The maximum Gasteiger partial charge on any atom is 0.256 e. The van der Waals surface area contributed by atoms with Crippen LogP contribution in [0.4, 0.5) is 15.8 Å². The summed E-state index contributed by atoms with van der Waals surface area (Å²) in [5.41, 5.74) is 3.38. The van der Waals surface area contributed by atoms with Crippen molar-refractivity contribution in [1.29, 1.82) is 0 Å². The number of hydrogen-bond donors (Lipinski definition) is 1. The zero-order valence-corrected chi connectivity index (χ0v) is 13.0. The topological polar surface area (TPSA) is 49.4 Å². The smallest absolute Gasteiger partial charge is 0.256 e. The van der Waals surface area contributed by atoms with Crippen LogP contribution in [0.15, 0.2) is 42.5 Å². The van der Waals surface area contributed by atoms with Crippen LogP contribution in [0.1, 0.15) is 17.5 Å². The summed E-state index contributed by atoms with van der Waals surface area (Å²) in [5, 5.41) is 3.14. The highest BCUT2D eigenvalue weighted by molar-refractivity contribution is 6.23. The van der Waals surface area contributed by atoms with E-state index in [2.05, 4.69) is 5.32 Å². The summed E-state index contributed by atoms with van der Waals surface area (Å²) in [7, 11) is 0. The minimum absolute atomic E-state index is 0.0868. The summed E-state index contributed by atoms with van der Waals surface area (Å²) in [6, 6.07) is 10.6. The van der Waals surface area contributed by atoms with Crippen molar-refractivity contribution in [1.82, 2.24) is 0 Å². The molecule has 2 aromatic carbocycles. The predicted octanol–water partition coefficient (Wildman–Crippen LogP) is 3.19. The number of nitrogens with one attached hydrogen (secondary N) is 1. The predicted molar refractivity (Wildman–Crippen MR) is 86.8 cm³/mol. The molecule has 2 aromatic rings. The number of rotatable bonds is 3. The standard InChI is InChI=1S/C18H17FN2O2/c1-11-3-8-15(12(2)9-11)20-16-10-17(22)21(18(16)23)14-6-4-13(19)5-7-14/h3-9,16,20H,10H2,1-2H3. The van der Waals surface area contributed by atoms with Gasteiger partial charge in [-0.2, -0.15) is 0 Å². The Labute approximate surface area is 133 Å². The lowest BCUT2D eigenvalue weighted by Crippen LogP contribution is -2.34. The number of nitrogens with zero attached hydrogens (tertiary/aromatic N) is 1. The van der Waals surface area contributed by atoms with Gasteiger partial charge in [-0.1, -0.05) is 17.7 Å². The average molecular weight is 312 g/mol. The third-order valence-corrected chi connectivity index (χ3v) is 3.94. The van der Waals surface area contributed by atoms with Crippen molar-refractivity contribution in [2.45, 2.75) is 26.3 Å². The van der Waals surface area contributed by atoms with Crippen LogP contribution >= 0.6 is 0 Å². The fraction of sp³-hybridized carbons (Fsp3) is 0.222. The quantitative estimate of drug-likeness (QED) is 0.886. The fourth-order valence-corrected chi connectivity index (χ4v) is 2.77. The maximum atomic E-state index is 13.0. The van der Waals surface area contributed by atoms with Gasteiger partial charge in [0.15, 0.2) is 0 Å². The van der Waals surface area contributed by atoms with E-state index in [4.69, 9.17) is 0 Å². The van der Waals surface area contributed by atoms with Crippen molar-refractivity contribution < 1.29 is 14.0 Å². The lowest BCUT2D eigenvalue weighted by Gasteiger charge is -2.17. The molecule has 23 heavy (non-hydrogen) atoms. The highest BCUT2D eigenvalue weighted by Crippen LogP contribution is 2.26. The lowest BCUT2D eigenvalue weighted by atomic mass is 10.1. The van der Waals surface area contributed by atoms with Crippen molar-refractivity contribution in [3.05, 3.63) is 59.4 Å². The Morgan fingerprint density at radius 2 is 1.78 bits per heavy atom. The largest absolute Gasteiger partial charge is 0.373 e. The first-order valence-corrected chi connectivity index (χ1v) is 7.42. The van der Waals surface area contributed by atoms with Crippen LogP contribution < -0.4 is 10.2 Å². The summed E-state index contributed by atoms with van der Waals surface area (Å²) in [6.07, 6.45) is 0.0868. The van der Waals surface area contributed by atoms with E-state index in [0.717, 1.165) is 21.7 Å². The number of imide groups is 1. The molecule has 1 N–H and O–H groups in total. The Bertz CT molecular complexity index is 771. The molecular weight excluding hydrogens is 295 g/mol. The highest BCUT2D eigenvalue weighted by Gasteiger charge is 2.39. The van der Waals surface area contributed by atoms with Gasteiger partial charge >= 0.3 is 0 Å². The molecule has 0 aromatic heterocycles. The molecule has 0 aliphatic carbocycles. The SMILES string of the molecule is Cc1ccc(NC2CC(=O)N(c3ccc(F)cc3)C2=O)c(C)c1. The first kappa shape index (κ1) is 15.2. The molecule has 4 nitrogen and oxygen atoms in total. The van der Waals surface area contributed by atoms with Crippen LogP contribution in [-0.4, -0.2) is 17.9 Å². The van der Waals surface area contributed by atoms with Crippen LogP contribution in [-0.2, 0) is 9.59 Å². The second-order valence-corrected chi connectivity index (χ2v) is 5.76. The Hall–Kier alpha value is -2.69. The number of amides is 2. The molecule has 118 valence electrons. The second kappa shape index (κ2) is 5.83. The number of carbonyl (C=O) groups is 2. The minimum atomic E-state index is -0.603. The van der Waals surface area contributed by atoms with Crippen molar-refractivity contribution in [2.24, 2.45) is 0 Å². The number of hydrogen-bond acceptors (Lipinski definition) is 3. The van der Waals surface area contributed by atoms with Crippen LogP contribution in [0.3, 0.4) is 0 Å². The van der Waals surface area contributed by atoms with Crippen molar-refractivity contribution >= 4 is 23.2 Å². The highest BCUT2D eigenvalue weighted by atomic mass is 19.1. The minimum Gasteiger partial charge on any atom is -0.373 e. The molecule has 0 saturated carbocycles. The zero-order chi connectivity index (χ0) is 16.6. The molecule has 3 rings (SSSR count). The summed E-state index contributed by atoms with van der Waals surface area (Å²) >= 11 is 0. The van der Waals surface area contributed by atoms with E-state index in [1.165, 1.54) is 24.3 Å². The normalized spacial score (nSPS) is 17.7. The molecule has 1 heterocycles. The molecule has 5 heteroatoms. The molecule has 1 unspecified atom stereocenters. The number of carbonyl (C=O) groups excluding carboxylic acids is 2. The van der Waals surface area contributed by atoms with E-state index in [0.29, 0.717) is 5.69 Å². The van der Waals surface area contributed by atoms with Crippen LogP contribution in [0.25, 0.3) is 0 Å². The van der Waals surface area contributed by atoms with Crippen LogP contribution in [0, 0.1) is 19.7 Å². The molecule has 2 amide bonds. The molecule has 1 atom stereocenters. The van der Waals surface area contributed by atoms with Crippen LogP contribution in [0.5, 0.6) is 0 Å². The van der Waals surface area contributed by atoms with E-state index in [9.17, 15) is 14.0 Å². The molecule has 0 radical (unpaired) electrons. The van der Waals surface area contributed by atoms with Gasteiger partial charge in [0.1, 0.15) is 11.9 Å². The summed E-state index contributed by atoms with van der Waals surface area (Å²) in [5.74, 6) is -1.01. The van der Waals surface area contributed by atoms with Gasteiger partial charge in [-0.25, -0.2) is 9.29 Å². The Morgan fingerprint density at radius 1 is 1.09 bits per heavy atom. The van der Waals surface area contributed by atoms with Gasteiger partial charge in [-0.15, -0.1) is 0 Å². The number of halogens is 1. The zero-order valence-electron chi connectivity index (χ0n) is 13.0. The maximum absolute atomic E-state index is 13.0. The van der Waals surface area contributed by atoms with Crippen LogP contribution in [0.2, 0.25) is 0 Å². The first-order chi connectivity index (χ1) is 11.0. The van der Waals surface area contributed by atoms with Gasteiger partial charge in [-0.05, 0) is 49.7 Å². The van der Waals surface area contributed by atoms with Gasteiger partial charge in [-0.3, -0.25) is 9.59 Å². The summed E-state index contributed by atoms with van der Waals surface area (Å²) in [4.78, 5) is 25.8. The first-order valence-electron chi connectivity index (χ1n) is 7.42. The van der Waals surface area contributed by atoms with Crippen molar-refractivity contribution in [3.8, 4) is 0 Å². The Morgan fingerprint density at radius 3 is 2.43 bits per heavy atom. The van der Waals surface area contributed by atoms with Crippen molar-refractivity contribution in [3.63, 3.8) is 0 Å². The second-order valence-electron chi connectivity index (χ2n) is 5.76. The molecule has 1 saturated heterocycles. The van der Waals surface area contributed by atoms with E-state index in [1.807, 2.05) is 32.0 Å². The van der Waals surface area contributed by atoms with Gasteiger partial charge in [0.05, 0.1) is 12.1 Å². The Balaban J connectivity index is 1.82. The van der Waals surface area contributed by atoms with E-state index in [1.54, 1.807) is 0 Å². The summed E-state index contributed by atoms with van der Waals surface area (Å²) in [6.45, 7) is 3.95. The van der Waals surface area contributed by atoms with E-state index in [-0.39, 0.29) is 18.2 Å². The lowest BCUT2D eigenvalue weighted by molar-refractivity contribution is -0.121. The molecule has 1 fully saturated rings. The third kappa shape index (κ3) is 2.95. The van der Waals surface area contributed by atoms with Crippen molar-refractivity contribution in [2.75, 3.05) is 10.2 Å². The molecule has 0 bridgehead atoms. The Kier molecular flexibility index (Phi) is 3.86. The van der Waals surface area contributed by atoms with Gasteiger partial charge in [0.25, 0.3) is 5.91 Å². The summed E-state index contributed by atoms with van der Waals surface area (Å²) < 4.78 is 13.0. The van der Waals surface area contributed by atoms with Gasteiger partial charge in [0, 0.05) is 5.69 Å². The molecule has 1 aliphatic heterocycles. The number of aryl methyl sites for hydroxylation is 2. The molecule has 1 aliphatic rings. The van der Waals surface area contributed by atoms with Gasteiger partial charge < -0.3 is 5.32 Å². The average Bonchev–Trinajstić information content (AvgIpc) is 2.78. The monoisotopic (exact) mass is 312 g/mol.